The Kier molecular flexibility index (Phi) is 5.63. The van der Waals surface area contributed by atoms with Gasteiger partial charge in [-0.3, -0.25) is 9.78 Å². The summed E-state index contributed by atoms with van der Waals surface area (Å²) in [4.78, 5) is 28.5. The third-order valence-corrected chi connectivity index (χ3v) is 4.46. The zero-order valence-corrected chi connectivity index (χ0v) is 14.4. The number of thiazole rings is 1. The minimum absolute atomic E-state index is 0.144. The summed E-state index contributed by atoms with van der Waals surface area (Å²) in [6.07, 6.45) is 9.15. The molecule has 128 valence electrons. The third kappa shape index (κ3) is 4.57. The van der Waals surface area contributed by atoms with Crippen LogP contribution in [0.15, 0.2) is 42.3 Å². The average molecular weight is 354 g/mol. The van der Waals surface area contributed by atoms with Crippen molar-refractivity contribution in [1.29, 1.82) is 0 Å². The molecule has 3 heterocycles. The molecule has 0 atom stereocenters. The molecule has 25 heavy (non-hydrogen) atoms. The quantitative estimate of drug-likeness (QED) is 0.631. The van der Waals surface area contributed by atoms with E-state index in [0.29, 0.717) is 6.54 Å². The van der Waals surface area contributed by atoms with Gasteiger partial charge in [0.1, 0.15) is 0 Å². The standard InChI is InChI=1S/C17H18N6OS/c18-16-15(20-8-9-21-16)17(24)22-7-2-1-5-14-23-13(11-25-14)12-4-3-6-19-10-12/h3-4,6,8-11H,1-2,5,7H2,(H2,18,21)(H,22,24). The van der Waals surface area contributed by atoms with Crippen LogP contribution in [0.5, 0.6) is 0 Å². The van der Waals surface area contributed by atoms with E-state index in [1.165, 1.54) is 12.4 Å². The van der Waals surface area contributed by atoms with Gasteiger partial charge in [-0.2, -0.15) is 0 Å². The first-order valence-electron chi connectivity index (χ1n) is 7.93. The number of nitrogens with one attached hydrogen (secondary N) is 1. The summed E-state index contributed by atoms with van der Waals surface area (Å²) in [6.45, 7) is 0.565. The van der Waals surface area contributed by atoms with Gasteiger partial charge in [-0.25, -0.2) is 15.0 Å². The number of amides is 1. The molecule has 0 unspecified atom stereocenters. The van der Waals surface area contributed by atoms with Crippen LogP contribution in [0.25, 0.3) is 11.3 Å². The van der Waals surface area contributed by atoms with Crippen LogP contribution in [-0.4, -0.2) is 32.4 Å². The number of pyridine rings is 1. The summed E-state index contributed by atoms with van der Waals surface area (Å²) in [7, 11) is 0. The van der Waals surface area contributed by atoms with Crippen LogP contribution >= 0.6 is 11.3 Å². The van der Waals surface area contributed by atoms with E-state index in [-0.39, 0.29) is 17.4 Å². The molecule has 1 amide bonds. The molecule has 7 nitrogen and oxygen atoms in total. The number of nitrogens with two attached hydrogens (primary N) is 1. The molecule has 0 aliphatic rings. The van der Waals surface area contributed by atoms with Crippen LogP contribution in [0.2, 0.25) is 0 Å². The third-order valence-electron chi connectivity index (χ3n) is 3.55. The summed E-state index contributed by atoms with van der Waals surface area (Å²) in [5, 5.41) is 5.94. The number of hydrogen-bond acceptors (Lipinski definition) is 7. The number of nitrogen functional groups attached to an aromatic ring is 1. The molecule has 0 saturated carbocycles. The summed E-state index contributed by atoms with van der Waals surface area (Å²) in [6, 6.07) is 3.90. The van der Waals surface area contributed by atoms with E-state index in [4.69, 9.17) is 5.73 Å². The van der Waals surface area contributed by atoms with E-state index in [1.54, 1.807) is 17.5 Å². The van der Waals surface area contributed by atoms with Gasteiger partial charge in [0.15, 0.2) is 11.5 Å². The second kappa shape index (κ2) is 8.29. The molecular formula is C17H18N6OS. The first-order valence-corrected chi connectivity index (χ1v) is 8.81. The molecular weight excluding hydrogens is 336 g/mol. The van der Waals surface area contributed by atoms with Gasteiger partial charge in [-0.1, -0.05) is 0 Å². The molecule has 0 fully saturated rings. The number of anilines is 1. The second-order valence-electron chi connectivity index (χ2n) is 5.37. The number of hydrogen-bond donors (Lipinski definition) is 2. The van der Waals surface area contributed by atoms with Gasteiger partial charge in [-0.15, -0.1) is 11.3 Å². The van der Waals surface area contributed by atoms with Crippen molar-refractivity contribution >= 4 is 23.1 Å². The Morgan fingerprint density at radius 1 is 1.20 bits per heavy atom. The highest BCUT2D eigenvalue weighted by atomic mass is 32.1. The molecule has 3 aromatic rings. The molecule has 3 aromatic heterocycles. The number of aryl methyl sites for hydroxylation is 1. The SMILES string of the molecule is Nc1nccnc1C(=O)NCCCCc1nc(-c2cccnc2)cs1. The fourth-order valence-corrected chi connectivity index (χ4v) is 3.13. The number of unbranched alkanes of at least 4 members (excludes halogenated alkanes) is 1. The summed E-state index contributed by atoms with van der Waals surface area (Å²) in [5.41, 5.74) is 7.79. The van der Waals surface area contributed by atoms with Crippen molar-refractivity contribution in [1.82, 2.24) is 25.3 Å². The van der Waals surface area contributed by atoms with Crippen LogP contribution in [0.4, 0.5) is 5.82 Å². The first-order chi connectivity index (χ1) is 12.2. The first kappa shape index (κ1) is 17.0. The maximum absolute atomic E-state index is 11.9. The van der Waals surface area contributed by atoms with Gasteiger partial charge in [0, 0.05) is 42.3 Å². The van der Waals surface area contributed by atoms with E-state index >= 15 is 0 Å². The number of carbonyl (C=O) groups excluding carboxylic acids is 1. The Morgan fingerprint density at radius 2 is 2.08 bits per heavy atom. The van der Waals surface area contributed by atoms with Gasteiger partial charge in [-0.05, 0) is 31.4 Å². The molecule has 0 radical (unpaired) electrons. The Labute approximate surface area is 149 Å². The summed E-state index contributed by atoms with van der Waals surface area (Å²) in [5.74, 6) is -0.149. The van der Waals surface area contributed by atoms with Crippen molar-refractivity contribution in [2.75, 3.05) is 12.3 Å². The minimum atomic E-state index is -0.293. The van der Waals surface area contributed by atoms with Crippen molar-refractivity contribution in [3.8, 4) is 11.3 Å². The van der Waals surface area contributed by atoms with Crippen molar-refractivity contribution in [2.45, 2.75) is 19.3 Å². The van der Waals surface area contributed by atoms with Crippen molar-refractivity contribution < 1.29 is 4.79 Å². The molecule has 0 aliphatic heterocycles. The Hall–Kier alpha value is -2.87. The fraction of sp³-hybridized carbons (Fsp3) is 0.235. The van der Waals surface area contributed by atoms with Crippen LogP contribution in [0.1, 0.15) is 28.3 Å². The van der Waals surface area contributed by atoms with Crippen LogP contribution in [0.3, 0.4) is 0 Å². The smallest absolute Gasteiger partial charge is 0.273 e. The fourth-order valence-electron chi connectivity index (χ4n) is 2.28. The number of nitrogens with zero attached hydrogens (tertiary/aromatic N) is 4. The van der Waals surface area contributed by atoms with E-state index in [1.807, 2.05) is 23.7 Å². The topological polar surface area (TPSA) is 107 Å². The summed E-state index contributed by atoms with van der Waals surface area (Å²) >= 11 is 1.65. The lowest BCUT2D eigenvalue weighted by Crippen LogP contribution is -2.26. The van der Waals surface area contributed by atoms with E-state index in [2.05, 4.69) is 25.3 Å². The largest absolute Gasteiger partial charge is 0.382 e. The lowest BCUT2D eigenvalue weighted by atomic mass is 10.2. The van der Waals surface area contributed by atoms with Crippen molar-refractivity contribution in [2.24, 2.45) is 0 Å². The highest BCUT2D eigenvalue weighted by Gasteiger charge is 2.11. The van der Waals surface area contributed by atoms with E-state index < -0.39 is 0 Å². The number of rotatable bonds is 7. The molecule has 0 spiro atoms. The van der Waals surface area contributed by atoms with Crippen molar-refractivity contribution in [3.05, 3.63) is 53.0 Å². The summed E-state index contributed by atoms with van der Waals surface area (Å²) < 4.78 is 0. The highest BCUT2D eigenvalue weighted by molar-refractivity contribution is 7.09. The zero-order chi connectivity index (χ0) is 17.5. The Balaban J connectivity index is 1.41. The predicted molar refractivity (Wildman–Crippen MR) is 97.1 cm³/mol. The average Bonchev–Trinajstić information content (AvgIpc) is 3.11. The molecule has 3 N–H and O–H groups in total. The monoisotopic (exact) mass is 354 g/mol. The molecule has 0 saturated heterocycles. The van der Waals surface area contributed by atoms with E-state index in [0.717, 1.165) is 35.5 Å². The number of carbonyl (C=O) groups is 1. The van der Waals surface area contributed by atoms with Crippen LogP contribution in [-0.2, 0) is 6.42 Å². The predicted octanol–water partition coefficient (Wildman–Crippen LogP) is 2.33. The molecule has 0 bridgehead atoms. The highest BCUT2D eigenvalue weighted by Crippen LogP contribution is 2.21. The van der Waals surface area contributed by atoms with E-state index in [9.17, 15) is 4.79 Å². The molecule has 8 heteroatoms. The van der Waals surface area contributed by atoms with Crippen molar-refractivity contribution in [3.63, 3.8) is 0 Å². The lowest BCUT2D eigenvalue weighted by molar-refractivity contribution is 0.0948. The van der Waals surface area contributed by atoms with Gasteiger partial charge in [0.2, 0.25) is 0 Å². The zero-order valence-electron chi connectivity index (χ0n) is 13.6. The van der Waals surface area contributed by atoms with Crippen LogP contribution < -0.4 is 11.1 Å². The van der Waals surface area contributed by atoms with Crippen LogP contribution in [0, 0.1) is 0 Å². The van der Waals surface area contributed by atoms with Gasteiger partial charge in [0.05, 0.1) is 10.7 Å². The second-order valence-corrected chi connectivity index (χ2v) is 6.31. The molecule has 0 aliphatic carbocycles. The van der Waals surface area contributed by atoms with Gasteiger partial charge in [0.25, 0.3) is 5.91 Å². The minimum Gasteiger partial charge on any atom is -0.382 e. The Bertz CT molecular complexity index is 836. The Morgan fingerprint density at radius 3 is 2.88 bits per heavy atom. The molecule has 0 aromatic carbocycles. The number of aromatic nitrogens is 4. The normalized spacial score (nSPS) is 10.6. The molecule has 3 rings (SSSR count). The van der Waals surface area contributed by atoms with Gasteiger partial charge < -0.3 is 11.1 Å². The maximum Gasteiger partial charge on any atom is 0.273 e. The van der Waals surface area contributed by atoms with Gasteiger partial charge >= 0.3 is 0 Å². The maximum atomic E-state index is 11.9. The lowest BCUT2D eigenvalue weighted by Gasteiger charge is -2.05.